The van der Waals surface area contributed by atoms with Gasteiger partial charge in [0.25, 0.3) is 0 Å². The van der Waals surface area contributed by atoms with E-state index in [0.29, 0.717) is 12.3 Å². The third-order valence-corrected chi connectivity index (χ3v) is 4.66. The number of halogens is 1. The molecule has 0 saturated carbocycles. The van der Waals surface area contributed by atoms with Gasteiger partial charge in [0, 0.05) is 11.4 Å². The number of sulfonamides is 1. The van der Waals surface area contributed by atoms with Gasteiger partial charge >= 0.3 is 0 Å². The lowest BCUT2D eigenvalue weighted by Crippen LogP contribution is -2.49. The summed E-state index contributed by atoms with van der Waals surface area (Å²) in [5.41, 5.74) is -0.463. The third-order valence-electron chi connectivity index (χ3n) is 2.45. The molecule has 0 atom stereocenters. The van der Waals surface area contributed by atoms with E-state index < -0.39 is 15.6 Å². The van der Waals surface area contributed by atoms with Crippen LogP contribution in [0.2, 0.25) is 0 Å². The second kappa shape index (κ2) is 5.93. The van der Waals surface area contributed by atoms with Crippen LogP contribution in [0.1, 0.15) is 40.0 Å². The molecule has 0 rings (SSSR count). The van der Waals surface area contributed by atoms with Crippen LogP contribution in [-0.4, -0.2) is 25.6 Å². The van der Waals surface area contributed by atoms with Crippen molar-refractivity contribution in [3.8, 4) is 0 Å². The Kier molecular flexibility index (Phi) is 6.02. The van der Waals surface area contributed by atoms with Gasteiger partial charge < -0.3 is 0 Å². The van der Waals surface area contributed by atoms with E-state index in [1.807, 2.05) is 20.8 Å². The van der Waals surface area contributed by atoms with Crippen LogP contribution in [0.4, 0.5) is 0 Å². The highest BCUT2D eigenvalue weighted by Gasteiger charge is 2.29. The SMILES string of the molecule is CCCS(=O)(=O)NC(CC)(CC)CCl. The summed E-state index contributed by atoms with van der Waals surface area (Å²) in [6.45, 7) is 5.74. The smallest absolute Gasteiger partial charge is 0.212 e. The predicted molar refractivity (Wildman–Crippen MR) is 61.2 cm³/mol. The molecule has 0 heterocycles. The van der Waals surface area contributed by atoms with E-state index >= 15 is 0 Å². The van der Waals surface area contributed by atoms with E-state index in [-0.39, 0.29) is 5.75 Å². The van der Waals surface area contributed by atoms with E-state index in [2.05, 4.69) is 4.72 Å². The highest BCUT2D eigenvalue weighted by atomic mass is 35.5. The zero-order valence-corrected chi connectivity index (χ0v) is 10.7. The summed E-state index contributed by atoms with van der Waals surface area (Å²) in [4.78, 5) is 0. The van der Waals surface area contributed by atoms with E-state index in [9.17, 15) is 8.42 Å². The van der Waals surface area contributed by atoms with Crippen molar-refractivity contribution < 1.29 is 8.42 Å². The van der Waals surface area contributed by atoms with Gasteiger partial charge in [-0.1, -0.05) is 20.8 Å². The van der Waals surface area contributed by atoms with Crippen LogP contribution in [0.25, 0.3) is 0 Å². The number of nitrogens with one attached hydrogen (secondary N) is 1. The highest BCUT2D eigenvalue weighted by molar-refractivity contribution is 7.89. The van der Waals surface area contributed by atoms with Gasteiger partial charge in [-0.3, -0.25) is 0 Å². The fourth-order valence-corrected chi connectivity index (χ4v) is 3.44. The molecule has 0 radical (unpaired) electrons. The van der Waals surface area contributed by atoms with Gasteiger partial charge in [0.15, 0.2) is 0 Å². The first-order chi connectivity index (χ1) is 6.45. The minimum atomic E-state index is -3.16. The monoisotopic (exact) mass is 241 g/mol. The molecule has 0 aromatic carbocycles. The van der Waals surface area contributed by atoms with Crippen molar-refractivity contribution in [2.45, 2.75) is 45.6 Å². The van der Waals surface area contributed by atoms with Crippen molar-refractivity contribution in [2.75, 3.05) is 11.6 Å². The molecule has 0 aromatic heterocycles. The first-order valence-corrected chi connectivity index (χ1v) is 7.21. The molecule has 5 heteroatoms. The maximum atomic E-state index is 11.6. The second-order valence-corrected chi connectivity index (χ2v) is 5.65. The van der Waals surface area contributed by atoms with E-state index in [1.54, 1.807) is 0 Å². The van der Waals surface area contributed by atoms with Gasteiger partial charge in [-0.25, -0.2) is 13.1 Å². The molecule has 0 saturated heterocycles. The highest BCUT2D eigenvalue weighted by Crippen LogP contribution is 2.18. The summed E-state index contributed by atoms with van der Waals surface area (Å²) in [6.07, 6.45) is 2.06. The van der Waals surface area contributed by atoms with Gasteiger partial charge in [0.05, 0.1) is 5.75 Å². The zero-order valence-electron chi connectivity index (χ0n) is 9.14. The Hall–Kier alpha value is 0.200. The molecule has 0 fully saturated rings. The first kappa shape index (κ1) is 14.2. The zero-order chi connectivity index (χ0) is 11.2. The van der Waals surface area contributed by atoms with Gasteiger partial charge in [-0.05, 0) is 19.3 Å². The third kappa shape index (κ3) is 4.15. The molecule has 1 N–H and O–H groups in total. The van der Waals surface area contributed by atoms with Crippen molar-refractivity contribution in [3.05, 3.63) is 0 Å². The first-order valence-electron chi connectivity index (χ1n) is 5.03. The predicted octanol–water partition coefficient (Wildman–Crippen LogP) is 2.11. The molecule has 0 aliphatic carbocycles. The second-order valence-electron chi connectivity index (χ2n) is 3.54. The van der Waals surface area contributed by atoms with Gasteiger partial charge in [0.2, 0.25) is 10.0 Å². The molecule has 0 aliphatic heterocycles. The van der Waals surface area contributed by atoms with Crippen molar-refractivity contribution in [1.29, 1.82) is 0 Å². The Bertz CT molecular complexity index is 239. The normalized spacial score (nSPS) is 13.1. The Labute approximate surface area is 92.3 Å². The van der Waals surface area contributed by atoms with Gasteiger partial charge in [-0.2, -0.15) is 0 Å². The Morgan fingerprint density at radius 1 is 1.21 bits per heavy atom. The maximum Gasteiger partial charge on any atom is 0.212 e. The largest absolute Gasteiger partial charge is 0.212 e. The topological polar surface area (TPSA) is 46.2 Å². The van der Waals surface area contributed by atoms with Crippen LogP contribution in [0.5, 0.6) is 0 Å². The molecule has 14 heavy (non-hydrogen) atoms. The van der Waals surface area contributed by atoms with Gasteiger partial charge in [-0.15, -0.1) is 11.6 Å². The lowest BCUT2D eigenvalue weighted by molar-refractivity contribution is 0.394. The van der Waals surface area contributed by atoms with Crippen LogP contribution in [0, 0.1) is 0 Å². The van der Waals surface area contributed by atoms with E-state index in [1.165, 1.54) is 0 Å². The number of rotatable bonds is 7. The summed E-state index contributed by atoms with van der Waals surface area (Å²) in [6, 6.07) is 0. The van der Waals surface area contributed by atoms with Crippen LogP contribution in [-0.2, 0) is 10.0 Å². The Morgan fingerprint density at radius 3 is 2.00 bits per heavy atom. The van der Waals surface area contributed by atoms with E-state index in [4.69, 9.17) is 11.6 Å². The van der Waals surface area contributed by atoms with E-state index in [0.717, 1.165) is 12.8 Å². The van der Waals surface area contributed by atoms with Crippen molar-refractivity contribution in [2.24, 2.45) is 0 Å². The maximum absolute atomic E-state index is 11.6. The van der Waals surface area contributed by atoms with Crippen molar-refractivity contribution in [3.63, 3.8) is 0 Å². The van der Waals surface area contributed by atoms with Crippen LogP contribution in [0.15, 0.2) is 0 Å². The number of alkyl halides is 1. The Morgan fingerprint density at radius 2 is 1.71 bits per heavy atom. The molecule has 0 bridgehead atoms. The summed E-state index contributed by atoms with van der Waals surface area (Å²) < 4.78 is 25.8. The van der Waals surface area contributed by atoms with Crippen molar-refractivity contribution in [1.82, 2.24) is 4.72 Å². The summed E-state index contributed by atoms with van der Waals surface area (Å²) >= 11 is 5.80. The fourth-order valence-electron chi connectivity index (χ4n) is 1.26. The van der Waals surface area contributed by atoms with Crippen LogP contribution < -0.4 is 4.72 Å². The molecule has 3 nitrogen and oxygen atoms in total. The lowest BCUT2D eigenvalue weighted by atomic mass is 9.97. The lowest BCUT2D eigenvalue weighted by Gasteiger charge is -2.30. The minimum Gasteiger partial charge on any atom is -0.212 e. The Balaban J connectivity index is 4.59. The molecule has 0 amide bonds. The fraction of sp³-hybridized carbons (Fsp3) is 1.00. The minimum absolute atomic E-state index is 0.172. The molecule has 0 unspecified atom stereocenters. The summed E-state index contributed by atoms with van der Waals surface area (Å²) in [5, 5.41) is 0. The summed E-state index contributed by atoms with van der Waals surface area (Å²) in [7, 11) is -3.16. The molecule has 86 valence electrons. The molecule has 0 aromatic rings. The number of hydrogen-bond donors (Lipinski definition) is 1. The van der Waals surface area contributed by atoms with Crippen LogP contribution >= 0.6 is 11.6 Å². The standard InChI is InChI=1S/C9H20ClNO2S/c1-4-7-14(12,13)11-9(5-2,6-3)8-10/h11H,4-8H2,1-3H3. The average molecular weight is 242 g/mol. The average Bonchev–Trinajstić information content (AvgIpc) is 2.14. The van der Waals surface area contributed by atoms with Crippen molar-refractivity contribution >= 4 is 21.6 Å². The van der Waals surface area contributed by atoms with Gasteiger partial charge in [0.1, 0.15) is 0 Å². The summed E-state index contributed by atoms with van der Waals surface area (Å²) in [5.74, 6) is 0.495. The molecule has 0 spiro atoms. The quantitative estimate of drug-likeness (QED) is 0.694. The van der Waals surface area contributed by atoms with Crippen LogP contribution in [0.3, 0.4) is 0 Å². The molecular weight excluding hydrogens is 222 g/mol. The number of hydrogen-bond acceptors (Lipinski definition) is 2. The molecular formula is C9H20ClNO2S. The molecule has 0 aliphatic rings.